The van der Waals surface area contributed by atoms with Gasteiger partial charge in [0.05, 0.1) is 6.61 Å². The predicted molar refractivity (Wildman–Crippen MR) is 132 cm³/mol. The lowest BCUT2D eigenvalue weighted by Crippen LogP contribution is -2.14. The minimum atomic E-state index is -1.31. The summed E-state index contributed by atoms with van der Waals surface area (Å²) in [7, 11) is -1.31. The van der Waals surface area contributed by atoms with Gasteiger partial charge in [-0.1, -0.05) is 128 Å². The highest BCUT2D eigenvalue weighted by molar-refractivity contribution is 7.19. The molecule has 0 rings (SSSR count). The van der Waals surface area contributed by atoms with Crippen molar-refractivity contribution in [1.29, 1.82) is 0 Å². The molecule has 0 aromatic carbocycles. The lowest BCUT2D eigenvalue weighted by atomic mass is 10.0. The summed E-state index contributed by atoms with van der Waals surface area (Å²) < 4.78 is 5.53. The molecular formula is C25H51ClOSi. The van der Waals surface area contributed by atoms with Crippen molar-refractivity contribution in [2.45, 2.75) is 135 Å². The summed E-state index contributed by atoms with van der Waals surface area (Å²) in [5.41, 5.74) is 1.12. The Morgan fingerprint density at radius 3 is 1.29 bits per heavy atom. The largest absolute Gasteiger partial charge is 0.377 e. The van der Waals surface area contributed by atoms with Crippen LogP contribution in [0.3, 0.4) is 0 Å². The Hall–Kier alpha value is 0.207. The van der Waals surface area contributed by atoms with Crippen molar-refractivity contribution < 1.29 is 4.74 Å². The van der Waals surface area contributed by atoms with Crippen LogP contribution in [-0.4, -0.2) is 20.6 Å². The Bertz CT molecular complexity index is 338. The van der Waals surface area contributed by atoms with Crippen LogP contribution in [0.25, 0.3) is 0 Å². The first-order valence-electron chi connectivity index (χ1n) is 12.3. The third-order valence-electron chi connectivity index (χ3n) is 5.41. The number of halogens is 1. The molecule has 3 heteroatoms. The highest BCUT2D eigenvalue weighted by Gasteiger charge is 2.15. The Morgan fingerprint density at radius 1 is 0.643 bits per heavy atom. The van der Waals surface area contributed by atoms with Crippen LogP contribution >= 0.6 is 11.1 Å². The summed E-state index contributed by atoms with van der Waals surface area (Å²) >= 11 is 6.36. The van der Waals surface area contributed by atoms with Crippen molar-refractivity contribution in [2.24, 2.45) is 0 Å². The fourth-order valence-corrected chi connectivity index (χ4v) is 5.14. The van der Waals surface area contributed by atoms with Gasteiger partial charge in [-0.2, -0.15) is 11.1 Å². The van der Waals surface area contributed by atoms with E-state index in [1.807, 2.05) is 6.92 Å². The van der Waals surface area contributed by atoms with Gasteiger partial charge in [-0.25, -0.2) is 0 Å². The average Bonchev–Trinajstić information content (AvgIpc) is 2.61. The van der Waals surface area contributed by atoms with E-state index in [2.05, 4.69) is 19.7 Å². The standard InChI is InChI=1S/C25H51ClOSi/c1-25(2)24-27-22-20-18-16-14-12-10-8-6-5-7-9-11-13-15-17-19-21-23-28(3,4)26/h1,5-24H2,2-4H3. The molecule has 0 aliphatic carbocycles. The second-order valence-electron chi connectivity index (χ2n) is 9.49. The molecule has 0 saturated carbocycles. The molecule has 0 spiro atoms. The Balaban J connectivity index is 3.04. The first-order valence-corrected chi connectivity index (χ1v) is 16.5. The average molecular weight is 431 g/mol. The van der Waals surface area contributed by atoms with Crippen LogP contribution in [0, 0.1) is 0 Å². The molecule has 0 N–H and O–H groups in total. The fraction of sp³-hybridized carbons (Fsp3) is 0.920. The first kappa shape index (κ1) is 28.2. The van der Waals surface area contributed by atoms with E-state index in [1.54, 1.807) is 0 Å². The highest BCUT2D eigenvalue weighted by atomic mass is 35.6. The van der Waals surface area contributed by atoms with Gasteiger partial charge in [0, 0.05) is 6.61 Å². The number of hydrogen-bond acceptors (Lipinski definition) is 1. The van der Waals surface area contributed by atoms with Gasteiger partial charge in [-0.3, -0.25) is 0 Å². The predicted octanol–water partition coefficient (Wildman–Crippen LogP) is 9.65. The van der Waals surface area contributed by atoms with Gasteiger partial charge in [0.15, 0.2) is 0 Å². The van der Waals surface area contributed by atoms with Crippen LogP contribution in [0.2, 0.25) is 19.1 Å². The molecular weight excluding hydrogens is 380 g/mol. The Morgan fingerprint density at radius 2 is 0.964 bits per heavy atom. The van der Waals surface area contributed by atoms with E-state index in [-0.39, 0.29) is 0 Å². The number of ether oxygens (including phenoxy) is 1. The monoisotopic (exact) mass is 430 g/mol. The molecule has 0 unspecified atom stereocenters. The van der Waals surface area contributed by atoms with E-state index < -0.39 is 7.38 Å². The molecule has 0 fully saturated rings. The maximum atomic E-state index is 6.36. The van der Waals surface area contributed by atoms with Crippen LogP contribution in [-0.2, 0) is 4.74 Å². The summed E-state index contributed by atoms with van der Waals surface area (Å²) in [6, 6.07) is 1.29. The van der Waals surface area contributed by atoms with Gasteiger partial charge in [0.25, 0.3) is 0 Å². The van der Waals surface area contributed by atoms with E-state index in [4.69, 9.17) is 15.8 Å². The fourth-order valence-electron chi connectivity index (χ4n) is 3.65. The second kappa shape index (κ2) is 20.5. The Kier molecular flexibility index (Phi) is 20.6. The van der Waals surface area contributed by atoms with E-state index >= 15 is 0 Å². The van der Waals surface area contributed by atoms with Gasteiger partial charge < -0.3 is 4.74 Å². The topological polar surface area (TPSA) is 9.23 Å². The highest BCUT2D eigenvalue weighted by Crippen LogP contribution is 2.19. The third kappa shape index (κ3) is 26.2. The molecule has 0 radical (unpaired) electrons. The molecule has 0 amide bonds. The van der Waals surface area contributed by atoms with Gasteiger partial charge in [0.1, 0.15) is 7.38 Å². The van der Waals surface area contributed by atoms with Gasteiger partial charge in [-0.05, 0) is 19.4 Å². The summed E-state index contributed by atoms with van der Waals surface area (Å²) in [6.45, 7) is 12.0. The zero-order valence-corrected chi connectivity index (χ0v) is 21.4. The minimum Gasteiger partial charge on any atom is -0.377 e. The quantitative estimate of drug-likeness (QED) is 0.0718. The maximum absolute atomic E-state index is 6.36. The molecule has 0 atom stereocenters. The smallest absolute Gasteiger partial charge is 0.150 e. The van der Waals surface area contributed by atoms with Gasteiger partial charge in [0.2, 0.25) is 0 Å². The molecule has 0 aromatic rings. The lowest BCUT2D eigenvalue weighted by molar-refractivity contribution is 0.151. The van der Waals surface area contributed by atoms with Crippen molar-refractivity contribution >= 4 is 18.5 Å². The van der Waals surface area contributed by atoms with Crippen LogP contribution in [0.4, 0.5) is 0 Å². The SMILES string of the molecule is C=C(C)COCCCCCCCCCCCCCCCCCCC[Si](C)(C)Cl. The van der Waals surface area contributed by atoms with Crippen LogP contribution in [0.15, 0.2) is 12.2 Å². The normalized spacial score (nSPS) is 11.9. The van der Waals surface area contributed by atoms with Crippen molar-refractivity contribution in [1.82, 2.24) is 0 Å². The van der Waals surface area contributed by atoms with E-state index in [9.17, 15) is 0 Å². The number of hydrogen-bond donors (Lipinski definition) is 0. The van der Waals surface area contributed by atoms with Crippen LogP contribution in [0.5, 0.6) is 0 Å². The van der Waals surface area contributed by atoms with Crippen molar-refractivity contribution in [3.63, 3.8) is 0 Å². The second-order valence-corrected chi connectivity index (χ2v) is 16.5. The van der Waals surface area contributed by atoms with E-state index in [0.29, 0.717) is 0 Å². The molecule has 0 aromatic heterocycles. The third-order valence-corrected chi connectivity index (χ3v) is 7.52. The van der Waals surface area contributed by atoms with Gasteiger partial charge in [-0.15, -0.1) is 0 Å². The summed E-state index contributed by atoms with van der Waals surface area (Å²) in [5.74, 6) is 0. The van der Waals surface area contributed by atoms with Crippen LogP contribution < -0.4 is 0 Å². The molecule has 1 nitrogen and oxygen atoms in total. The minimum absolute atomic E-state index is 0.731. The number of unbranched alkanes of at least 4 members (excludes halogenated alkanes) is 16. The zero-order valence-electron chi connectivity index (χ0n) is 19.6. The van der Waals surface area contributed by atoms with Crippen molar-refractivity contribution in [3.05, 3.63) is 12.2 Å². The van der Waals surface area contributed by atoms with Gasteiger partial charge >= 0.3 is 0 Å². The molecule has 0 saturated heterocycles. The number of rotatable bonds is 22. The first-order chi connectivity index (χ1) is 13.4. The molecule has 0 aliphatic heterocycles. The van der Waals surface area contributed by atoms with Crippen molar-refractivity contribution in [2.75, 3.05) is 13.2 Å². The molecule has 28 heavy (non-hydrogen) atoms. The lowest BCUT2D eigenvalue weighted by Gasteiger charge is -2.11. The summed E-state index contributed by atoms with van der Waals surface area (Å²) in [5, 5.41) is 0. The van der Waals surface area contributed by atoms with Crippen molar-refractivity contribution in [3.8, 4) is 0 Å². The van der Waals surface area contributed by atoms with E-state index in [1.165, 1.54) is 115 Å². The maximum Gasteiger partial charge on any atom is 0.150 e. The van der Waals surface area contributed by atoms with E-state index in [0.717, 1.165) is 18.8 Å². The Labute approximate surface area is 183 Å². The zero-order chi connectivity index (χ0) is 20.9. The molecule has 0 bridgehead atoms. The molecule has 0 heterocycles. The van der Waals surface area contributed by atoms with Crippen LogP contribution in [0.1, 0.15) is 116 Å². The molecule has 0 aliphatic rings. The summed E-state index contributed by atoms with van der Waals surface area (Å²) in [6.07, 6.45) is 23.9. The summed E-state index contributed by atoms with van der Waals surface area (Å²) in [4.78, 5) is 0. The molecule has 168 valence electrons.